The van der Waals surface area contributed by atoms with Gasteiger partial charge in [0, 0.05) is 6.42 Å². The molecule has 0 aromatic heterocycles. The lowest BCUT2D eigenvalue weighted by Crippen LogP contribution is -2.08. The molecule has 0 aromatic carbocycles. The lowest BCUT2D eigenvalue weighted by molar-refractivity contribution is 0.154. The van der Waals surface area contributed by atoms with Crippen molar-refractivity contribution in [2.45, 2.75) is 39.7 Å². The van der Waals surface area contributed by atoms with Crippen LogP contribution in [0.2, 0.25) is 0 Å². The van der Waals surface area contributed by atoms with Crippen LogP contribution in [0, 0.1) is 17.8 Å². The van der Waals surface area contributed by atoms with Gasteiger partial charge in [-0.3, -0.25) is 0 Å². The molecule has 10 heavy (non-hydrogen) atoms. The van der Waals surface area contributed by atoms with Crippen LogP contribution in [0.15, 0.2) is 0 Å². The first-order valence-electron chi connectivity index (χ1n) is 3.74. The highest BCUT2D eigenvalue weighted by molar-refractivity contribution is 4.96. The molecule has 1 nitrogen and oxygen atoms in total. The average molecular weight is 140 g/mol. The zero-order chi connectivity index (χ0) is 7.98. The van der Waals surface area contributed by atoms with Crippen LogP contribution < -0.4 is 0 Å². The Labute approximate surface area is 63.5 Å². The molecule has 0 aliphatic heterocycles. The smallest absolute Gasteiger partial charge is 0.0651 e. The van der Waals surface area contributed by atoms with E-state index in [1.807, 2.05) is 0 Å². The summed E-state index contributed by atoms with van der Waals surface area (Å²) in [7, 11) is 0. The van der Waals surface area contributed by atoms with E-state index in [2.05, 4.69) is 25.7 Å². The van der Waals surface area contributed by atoms with Crippen LogP contribution >= 0.6 is 0 Å². The topological polar surface area (TPSA) is 20.2 Å². The van der Waals surface area contributed by atoms with Crippen molar-refractivity contribution in [3.8, 4) is 11.8 Å². The zero-order valence-electron chi connectivity index (χ0n) is 7.02. The van der Waals surface area contributed by atoms with Crippen LogP contribution in [0.5, 0.6) is 0 Å². The highest BCUT2D eigenvalue weighted by atomic mass is 16.3. The van der Waals surface area contributed by atoms with E-state index in [4.69, 9.17) is 0 Å². The minimum atomic E-state index is -0.229. The molecule has 0 aliphatic carbocycles. The molecular weight excluding hydrogens is 124 g/mol. The molecule has 1 heteroatoms. The molecule has 1 atom stereocenters. The number of hydrogen-bond donors (Lipinski definition) is 1. The molecule has 1 N–H and O–H groups in total. The van der Waals surface area contributed by atoms with Crippen molar-refractivity contribution in [3.63, 3.8) is 0 Å². The molecule has 0 heterocycles. The Balaban J connectivity index is 3.40. The Morgan fingerprint density at radius 2 is 2.00 bits per heavy atom. The van der Waals surface area contributed by atoms with Crippen LogP contribution in [-0.2, 0) is 0 Å². The molecule has 1 unspecified atom stereocenters. The Morgan fingerprint density at radius 1 is 1.40 bits per heavy atom. The Hall–Kier alpha value is -0.480. The van der Waals surface area contributed by atoms with E-state index in [-0.39, 0.29) is 6.10 Å². The molecule has 0 bridgehead atoms. The van der Waals surface area contributed by atoms with Crippen molar-refractivity contribution < 1.29 is 5.11 Å². The van der Waals surface area contributed by atoms with Gasteiger partial charge >= 0.3 is 0 Å². The van der Waals surface area contributed by atoms with Gasteiger partial charge in [0.25, 0.3) is 0 Å². The standard InChI is InChI=1S/C9H16O/c1-4-5-6-9(10)7-8(2)3/h8-10H,6-7H2,1-3H3. The van der Waals surface area contributed by atoms with Gasteiger partial charge in [-0.1, -0.05) is 13.8 Å². The normalized spacial score (nSPS) is 12.5. The largest absolute Gasteiger partial charge is 0.392 e. The third-order valence-corrected chi connectivity index (χ3v) is 1.26. The molecule has 0 aromatic rings. The van der Waals surface area contributed by atoms with Crippen molar-refractivity contribution in [2.24, 2.45) is 5.92 Å². The Morgan fingerprint density at radius 3 is 2.40 bits per heavy atom. The van der Waals surface area contributed by atoms with E-state index in [9.17, 15) is 5.11 Å². The molecular formula is C9H16O. The molecule has 58 valence electrons. The minimum Gasteiger partial charge on any atom is -0.392 e. The summed E-state index contributed by atoms with van der Waals surface area (Å²) in [6, 6.07) is 0. The quantitative estimate of drug-likeness (QED) is 0.593. The summed E-state index contributed by atoms with van der Waals surface area (Å²) >= 11 is 0. The lowest BCUT2D eigenvalue weighted by atomic mass is 10.0. The van der Waals surface area contributed by atoms with E-state index < -0.39 is 0 Å². The maximum atomic E-state index is 9.25. The molecule has 0 saturated heterocycles. The van der Waals surface area contributed by atoms with E-state index >= 15 is 0 Å². The SMILES string of the molecule is CC#CCC(O)CC(C)C. The highest BCUT2D eigenvalue weighted by Crippen LogP contribution is 2.06. The molecule has 0 saturated carbocycles. The predicted molar refractivity (Wildman–Crippen MR) is 43.5 cm³/mol. The van der Waals surface area contributed by atoms with Gasteiger partial charge in [-0.2, -0.15) is 0 Å². The molecule has 0 aliphatic rings. The minimum absolute atomic E-state index is 0.229. The van der Waals surface area contributed by atoms with Gasteiger partial charge in [0.2, 0.25) is 0 Å². The van der Waals surface area contributed by atoms with E-state index in [0.717, 1.165) is 6.42 Å². The summed E-state index contributed by atoms with van der Waals surface area (Å²) in [5.74, 6) is 6.18. The summed E-state index contributed by atoms with van der Waals surface area (Å²) < 4.78 is 0. The lowest BCUT2D eigenvalue weighted by Gasteiger charge is -2.08. The predicted octanol–water partition coefficient (Wildman–Crippen LogP) is 1.81. The van der Waals surface area contributed by atoms with Gasteiger partial charge in [0.15, 0.2) is 0 Å². The maximum absolute atomic E-state index is 9.25. The Kier molecular flexibility index (Phi) is 5.06. The van der Waals surface area contributed by atoms with Gasteiger partial charge in [-0.05, 0) is 19.3 Å². The van der Waals surface area contributed by atoms with Crippen LogP contribution in [0.1, 0.15) is 33.6 Å². The van der Waals surface area contributed by atoms with Crippen LogP contribution in [0.4, 0.5) is 0 Å². The zero-order valence-corrected chi connectivity index (χ0v) is 7.02. The summed E-state index contributed by atoms with van der Waals surface area (Å²) in [6.07, 6.45) is 1.25. The van der Waals surface area contributed by atoms with Gasteiger partial charge in [0.1, 0.15) is 0 Å². The number of aliphatic hydroxyl groups is 1. The fourth-order valence-corrected chi connectivity index (χ4v) is 0.847. The third kappa shape index (κ3) is 5.65. The van der Waals surface area contributed by atoms with Gasteiger partial charge in [-0.15, -0.1) is 11.8 Å². The molecule has 0 fully saturated rings. The molecule has 0 spiro atoms. The van der Waals surface area contributed by atoms with Crippen molar-refractivity contribution in [2.75, 3.05) is 0 Å². The summed E-state index contributed by atoms with van der Waals surface area (Å²) in [5.41, 5.74) is 0. The van der Waals surface area contributed by atoms with Crippen LogP contribution in [0.25, 0.3) is 0 Å². The summed E-state index contributed by atoms with van der Waals surface area (Å²) in [5, 5.41) is 9.25. The highest BCUT2D eigenvalue weighted by Gasteiger charge is 2.03. The van der Waals surface area contributed by atoms with Crippen molar-refractivity contribution in [1.82, 2.24) is 0 Å². The monoisotopic (exact) mass is 140 g/mol. The van der Waals surface area contributed by atoms with Gasteiger partial charge < -0.3 is 5.11 Å². The third-order valence-electron chi connectivity index (χ3n) is 1.26. The second-order valence-electron chi connectivity index (χ2n) is 2.91. The first-order valence-corrected chi connectivity index (χ1v) is 3.74. The number of hydrogen-bond acceptors (Lipinski definition) is 1. The Bertz CT molecular complexity index is 127. The van der Waals surface area contributed by atoms with Gasteiger partial charge in [0.05, 0.1) is 6.10 Å². The molecule has 0 rings (SSSR count). The second-order valence-corrected chi connectivity index (χ2v) is 2.91. The number of rotatable bonds is 3. The maximum Gasteiger partial charge on any atom is 0.0651 e. The van der Waals surface area contributed by atoms with E-state index in [1.165, 1.54) is 0 Å². The van der Waals surface area contributed by atoms with Crippen LogP contribution in [0.3, 0.4) is 0 Å². The van der Waals surface area contributed by atoms with Crippen LogP contribution in [-0.4, -0.2) is 11.2 Å². The summed E-state index contributed by atoms with van der Waals surface area (Å²) in [6.45, 7) is 5.99. The van der Waals surface area contributed by atoms with E-state index in [1.54, 1.807) is 6.92 Å². The second kappa shape index (κ2) is 5.32. The number of aliphatic hydroxyl groups excluding tert-OH is 1. The van der Waals surface area contributed by atoms with Crippen molar-refractivity contribution in [3.05, 3.63) is 0 Å². The summed E-state index contributed by atoms with van der Waals surface area (Å²) in [4.78, 5) is 0. The average Bonchev–Trinajstić information content (AvgIpc) is 1.82. The van der Waals surface area contributed by atoms with Crippen molar-refractivity contribution >= 4 is 0 Å². The van der Waals surface area contributed by atoms with Crippen molar-refractivity contribution in [1.29, 1.82) is 0 Å². The fourth-order valence-electron chi connectivity index (χ4n) is 0.847. The first kappa shape index (κ1) is 9.52. The molecule has 0 radical (unpaired) electrons. The first-order chi connectivity index (χ1) is 4.66. The van der Waals surface area contributed by atoms with E-state index in [0.29, 0.717) is 12.3 Å². The van der Waals surface area contributed by atoms with Gasteiger partial charge in [-0.25, -0.2) is 0 Å². The molecule has 0 amide bonds. The fraction of sp³-hybridized carbons (Fsp3) is 0.778.